The summed E-state index contributed by atoms with van der Waals surface area (Å²) in [6, 6.07) is 6.42. The van der Waals surface area contributed by atoms with Crippen LogP contribution in [0.1, 0.15) is 37.0 Å². The number of nitrogens with zero attached hydrogens (tertiary/aromatic N) is 1. The highest BCUT2D eigenvalue weighted by atomic mass is 32.2. The van der Waals surface area contributed by atoms with E-state index < -0.39 is 10.0 Å². The van der Waals surface area contributed by atoms with Crippen molar-refractivity contribution in [1.82, 2.24) is 10.2 Å². The summed E-state index contributed by atoms with van der Waals surface area (Å²) in [5.41, 5.74) is 0.978. The van der Waals surface area contributed by atoms with E-state index in [1.165, 1.54) is 6.42 Å². The maximum atomic E-state index is 12.1. The summed E-state index contributed by atoms with van der Waals surface area (Å²) in [6.07, 6.45) is 3.33. The van der Waals surface area contributed by atoms with Gasteiger partial charge >= 0.3 is 0 Å². The third-order valence-electron chi connectivity index (χ3n) is 4.33. The van der Waals surface area contributed by atoms with E-state index in [0.29, 0.717) is 17.8 Å². The zero-order chi connectivity index (χ0) is 18.4. The Morgan fingerprint density at radius 3 is 2.32 bits per heavy atom. The quantitative estimate of drug-likeness (QED) is 0.724. The Morgan fingerprint density at radius 2 is 1.76 bits per heavy atom. The second-order valence-electron chi connectivity index (χ2n) is 7.27. The highest BCUT2D eigenvalue weighted by Crippen LogP contribution is 2.20. The number of carbonyl (C=O) groups excluding carboxylic acids is 1. The molecule has 1 aromatic rings. The Balaban J connectivity index is 1.73. The minimum absolute atomic E-state index is 0.133. The van der Waals surface area contributed by atoms with E-state index >= 15 is 0 Å². The molecular formula is C18H29N3O3S. The number of amides is 1. The predicted molar refractivity (Wildman–Crippen MR) is 101 cm³/mol. The van der Waals surface area contributed by atoms with Crippen molar-refractivity contribution in [3.8, 4) is 0 Å². The molecule has 0 saturated carbocycles. The number of benzene rings is 1. The van der Waals surface area contributed by atoms with Crippen LogP contribution in [0.3, 0.4) is 0 Å². The van der Waals surface area contributed by atoms with Crippen LogP contribution in [0, 0.1) is 11.8 Å². The number of likely N-dealkylation sites (tertiary alicyclic amines) is 1. The van der Waals surface area contributed by atoms with Crippen LogP contribution in [-0.4, -0.2) is 51.7 Å². The van der Waals surface area contributed by atoms with E-state index in [4.69, 9.17) is 0 Å². The largest absolute Gasteiger partial charge is 0.352 e. The summed E-state index contributed by atoms with van der Waals surface area (Å²) in [4.78, 5) is 14.6. The molecule has 1 heterocycles. The van der Waals surface area contributed by atoms with Gasteiger partial charge in [-0.1, -0.05) is 13.8 Å². The molecule has 25 heavy (non-hydrogen) atoms. The molecule has 1 fully saturated rings. The van der Waals surface area contributed by atoms with Crippen LogP contribution in [0.2, 0.25) is 0 Å². The highest BCUT2D eigenvalue weighted by molar-refractivity contribution is 7.92. The number of anilines is 1. The molecule has 1 aromatic carbocycles. The first-order valence-electron chi connectivity index (χ1n) is 8.81. The number of carbonyl (C=O) groups is 1. The van der Waals surface area contributed by atoms with Gasteiger partial charge in [-0.3, -0.25) is 9.52 Å². The fourth-order valence-corrected chi connectivity index (χ4v) is 4.05. The lowest BCUT2D eigenvalue weighted by atomic mass is 9.92. The molecule has 6 nitrogen and oxygen atoms in total. The van der Waals surface area contributed by atoms with Gasteiger partial charge in [-0.25, -0.2) is 8.42 Å². The van der Waals surface area contributed by atoms with E-state index in [1.54, 1.807) is 24.3 Å². The molecule has 140 valence electrons. The second kappa shape index (κ2) is 8.67. The first kappa shape index (κ1) is 19.7. The zero-order valence-electron chi connectivity index (χ0n) is 15.3. The van der Waals surface area contributed by atoms with Crippen molar-refractivity contribution < 1.29 is 13.2 Å². The van der Waals surface area contributed by atoms with E-state index in [0.717, 1.165) is 44.1 Å². The van der Waals surface area contributed by atoms with Crippen molar-refractivity contribution >= 4 is 21.6 Å². The van der Waals surface area contributed by atoms with Gasteiger partial charge in [0.1, 0.15) is 0 Å². The van der Waals surface area contributed by atoms with Crippen molar-refractivity contribution in [3.63, 3.8) is 0 Å². The van der Waals surface area contributed by atoms with Gasteiger partial charge in [0, 0.05) is 30.9 Å². The van der Waals surface area contributed by atoms with Crippen LogP contribution in [0.15, 0.2) is 24.3 Å². The lowest BCUT2D eigenvalue weighted by Gasteiger charge is -2.34. The summed E-state index contributed by atoms with van der Waals surface area (Å²) in [5.74, 6) is 1.36. The molecule has 1 aliphatic heterocycles. The Bertz CT molecular complexity index is 663. The summed E-state index contributed by atoms with van der Waals surface area (Å²) >= 11 is 0. The number of hydrogen-bond donors (Lipinski definition) is 2. The van der Waals surface area contributed by atoms with Crippen molar-refractivity contribution in [2.45, 2.75) is 26.7 Å². The lowest BCUT2D eigenvalue weighted by Crippen LogP contribution is -2.40. The molecule has 1 aliphatic rings. The molecule has 0 aromatic heterocycles. The second-order valence-corrected chi connectivity index (χ2v) is 9.02. The Labute approximate surface area is 151 Å². The van der Waals surface area contributed by atoms with Crippen LogP contribution >= 0.6 is 0 Å². The van der Waals surface area contributed by atoms with Crippen molar-refractivity contribution in [2.75, 3.05) is 37.2 Å². The molecule has 0 bridgehead atoms. The van der Waals surface area contributed by atoms with Crippen LogP contribution in [0.5, 0.6) is 0 Å². The minimum atomic E-state index is -3.30. The number of rotatable bonds is 7. The average molecular weight is 368 g/mol. The molecule has 2 atom stereocenters. The normalized spacial score (nSPS) is 21.7. The first-order valence-corrected chi connectivity index (χ1v) is 10.7. The third kappa shape index (κ3) is 7.04. The molecule has 0 aliphatic carbocycles. The first-order chi connectivity index (χ1) is 11.7. The number of nitrogens with one attached hydrogen (secondary N) is 2. The summed E-state index contributed by atoms with van der Waals surface area (Å²) in [7, 11) is -3.30. The topological polar surface area (TPSA) is 78.5 Å². The SMILES string of the molecule is C[C@H]1C[C@H](C)CN(CCCNC(=O)c2ccc(NS(C)(=O)=O)cc2)C1. The monoisotopic (exact) mass is 367 g/mol. The maximum absolute atomic E-state index is 12.1. The van der Waals surface area contributed by atoms with Gasteiger partial charge in [0.2, 0.25) is 10.0 Å². The molecule has 0 radical (unpaired) electrons. The van der Waals surface area contributed by atoms with Crippen molar-refractivity contribution in [2.24, 2.45) is 11.8 Å². The van der Waals surface area contributed by atoms with Gasteiger partial charge < -0.3 is 10.2 Å². The van der Waals surface area contributed by atoms with E-state index in [-0.39, 0.29) is 5.91 Å². The Morgan fingerprint density at radius 1 is 1.16 bits per heavy atom. The molecule has 0 spiro atoms. The van der Waals surface area contributed by atoms with Crippen LogP contribution < -0.4 is 10.0 Å². The van der Waals surface area contributed by atoms with E-state index in [2.05, 4.69) is 28.8 Å². The fourth-order valence-electron chi connectivity index (χ4n) is 3.48. The standard InChI is InChI=1S/C18H29N3O3S/c1-14-11-15(2)13-21(12-14)10-4-9-19-18(22)16-5-7-17(8-6-16)20-25(3,23)24/h5-8,14-15,20H,4,9-13H2,1-3H3,(H,19,22)/t14-,15-/m0/s1. The Kier molecular flexibility index (Phi) is 6.84. The fraction of sp³-hybridized carbons (Fsp3) is 0.611. The van der Waals surface area contributed by atoms with Gasteiger partial charge in [-0.05, 0) is 55.5 Å². The van der Waals surface area contributed by atoms with Crippen molar-refractivity contribution in [1.29, 1.82) is 0 Å². The third-order valence-corrected chi connectivity index (χ3v) is 4.94. The number of hydrogen-bond acceptors (Lipinski definition) is 4. The molecule has 2 N–H and O–H groups in total. The summed E-state index contributed by atoms with van der Waals surface area (Å²) in [6.45, 7) is 8.53. The lowest BCUT2D eigenvalue weighted by molar-refractivity contribution is 0.0947. The number of piperidine rings is 1. The smallest absolute Gasteiger partial charge is 0.251 e. The van der Waals surface area contributed by atoms with Gasteiger partial charge in [-0.2, -0.15) is 0 Å². The minimum Gasteiger partial charge on any atom is -0.352 e. The molecular weight excluding hydrogens is 338 g/mol. The molecule has 0 unspecified atom stereocenters. The van der Waals surface area contributed by atoms with E-state index in [9.17, 15) is 13.2 Å². The van der Waals surface area contributed by atoms with Gasteiger partial charge in [0.15, 0.2) is 0 Å². The summed E-state index contributed by atoms with van der Waals surface area (Å²) < 4.78 is 24.7. The van der Waals surface area contributed by atoms with Gasteiger partial charge in [0.05, 0.1) is 6.26 Å². The van der Waals surface area contributed by atoms with E-state index in [1.807, 2.05) is 0 Å². The Hall–Kier alpha value is -1.60. The van der Waals surface area contributed by atoms with Crippen molar-refractivity contribution in [3.05, 3.63) is 29.8 Å². The highest BCUT2D eigenvalue weighted by Gasteiger charge is 2.21. The molecule has 7 heteroatoms. The summed E-state index contributed by atoms with van der Waals surface area (Å²) in [5, 5.41) is 2.92. The van der Waals surface area contributed by atoms with Crippen LogP contribution in [0.4, 0.5) is 5.69 Å². The number of sulfonamides is 1. The predicted octanol–water partition coefficient (Wildman–Crippen LogP) is 2.16. The van der Waals surface area contributed by atoms with Crippen LogP contribution in [-0.2, 0) is 10.0 Å². The molecule has 2 rings (SSSR count). The van der Waals surface area contributed by atoms with Gasteiger partial charge in [0.25, 0.3) is 5.91 Å². The molecule has 1 saturated heterocycles. The van der Waals surface area contributed by atoms with Gasteiger partial charge in [-0.15, -0.1) is 0 Å². The molecule has 1 amide bonds. The average Bonchev–Trinajstić information content (AvgIpc) is 2.49. The zero-order valence-corrected chi connectivity index (χ0v) is 16.1. The maximum Gasteiger partial charge on any atom is 0.251 e. The van der Waals surface area contributed by atoms with Crippen LogP contribution in [0.25, 0.3) is 0 Å².